The molecule has 2 aliphatic heterocycles. The van der Waals surface area contributed by atoms with Gasteiger partial charge in [0.25, 0.3) is 0 Å². The Labute approximate surface area is 116 Å². The summed E-state index contributed by atoms with van der Waals surface area (Å²) in [6.45, 7) is 9.30. The molecule has 2 heterocycles. The van der Waals surface area contributed by atoms with Crippen molar-refractivity contribution in [3.05, 3.63) is 12.7 Å². The van der Waals surface area contributed by atoms with Gasteiger partial charge in [-0.05, 0) is 39.2 Å². The van der Waals surface area contributed by atoms with Gasteiger partial charge in [-0.1, -0.05) is 13.0 Å². The van der Waals surface area contributed by atoms with Gasteiger partial charge in [0.1, 0.15) is 0 Å². The Balaban J connectivity index is 1.94. The maximum atomic E-state index is 12.1. The lowest BCUT2D eigenvalue weighted by Gasteiger charge is -2.40. The fourth-order valence-corrected chi connectivity index (χ4v) is 3.62. The van der Waals surface area contributed by atoms with Crippen molar-refractivity contribution in [3.63, 3.8) is 0 Å². The van der Waals surface area contributed by atoms with E-state index < -0.39 is 0 Å². The van der Waals surface area contributed by atoms with E-state index in [-0.39, 0.29) is 11.9 Å². The van der Waals surface area contributed by atoms with Crippen molar-refractivity contribution >= 4 is 5.91 Å². The van der Waals surface area contributed by atoms with Gasteiger partial charge in [-0.25, -0.2) is 0 Å². The number of nitrogens with zero attached hydrogens (tertiary/aromatic N) is 1. The first-order chi connectivity index (χ1) is 9.15. The number of carbonyl (C=O) groups is 1. The average Bonchev–Trinajstić information content (AvgIpc) is 2.75. The molecular formula is C15H27N3O. The van der Waals surface area contributed by atoms with Crippen LogP contribution in [0.5, 0.6) is 0 Å². The zero-order chi connectivity index (χ0) is 13.8. The zero-order valence-electron chi connectivity index (χ0n) is 12.2. The lowest BCUT2D eigenvalue weighted by Crippen LogP contribution is -2.54. The highest BCUT2D eigenvalue weighted by Gasteiger charge is 2.37. The van der Waals surface area contributed by atoms with Crippen LogP contribution in [0.2, 0.25) is 0 Å². The van der Waals surface area contributed by atoms with Gasteiger partial charge in [0.05, 0.1) is 6.04 Å². The molecule has 4 heteroatoms. The molecule has 19 heavy (non-hydrogen) atoms. The minimum Gasteiger partial charge on any atom is -0.351 e. The quantitative estimate of drug-likeness (QED) is 0.711. The molecule has 1 amide bonds. The molecule has 2 fully saturated rings. The second-order valence-electron chi connectivity index (χ2n) is 5.80. The minimum absolute atomic E-state index is 0.0487. The molecule has 0 aromatic heterocycles. The van der Waals surface area contributed by atoms with Gasteiger partial charge in [-0.15, -0.1) is 6.58 Å². The SMILES string of the molecule is C=CCNC(=O)C(C)N(CC)C1CC2CCC(C1)N2. The first-order valence-corrected chi connectivity index (χ1v) is 7.56. The lowest BCUT2D eigenvalue weighted by molar-refractivity contribution is -0.126. The summed E-state index contributed by atoms with van der Waals surface area (Å²) in [5, 5.41) is 6.57. The van der Waals surface area contributed by atoms with Gasteiger partial charge in [-0.3, -0.25) is 9.69 Å². The molecule has 0 saturated carbocycles. The smallest absolute Gasteiger partial charge is 0.237 e. The molecule has 108 valence electrons. The summed E-state index contributed by atoms with van der Waals surface area (Å²) in [5.74, 6) is 0.118. The predicted octanol–water partition coefficient (Wildman–Crippen LogP) is 1.28. The summed E-state index contributed by atoms with van der Waals surface area (Å²) >= 11 is 0. The summed E-state index contributed by atoms with van der Waals surface area (Å²) in [7, 11) is 0. The van der Waals surface area contributed by atoms with Crippen LogP contribution >= 0.6 is 0 Å². The fourth-order valence-electron chi connectivity index (χ4n) is 3.62. The van der Waals surface area contributed by atoms with E-state index in [9.17, 15) is 4.79 Å². The van der Waals surface area contributed by atoms with Crippen LogP contribution in [0.25, 0.3) is 0 Å². The average molecular weight is 265 g/mol. The normalized spacial score (nSPS) is 31.2. The molecule has 0 aromatic rings. The number of fused-ring (bicyclic) bond motifs is 2. The number of carbonyl (C=O) groups excluding carboxylic acids is 1. The van der Waals surface area contributed by atoms with Crippen LogP contribution in [0, 0.1) is 0 Å². The van der Waals surface area contributed by atoms with Gasteiger partial charge in [0, 0.05) is 24.7 Å². The second-order valence-corrected chi connectivity index (χ2v) is 5.80. The summed E-state index contributed by atoms with van der Waals surface area (Å²) in [5.41, 5.74) is 0. The Hall–Kier alpha value is -0.870. The first kappa shape index (κ1) is 14.5. The maximum absolute atomic E-state index is 12.1. The van der Waals surface area contributed by atoms with Gasteiger partial charge in [-0.2, -0.15) is 0 Å². The third-order valence-electron chi connectivity index (χ3n) is 4.58. The van der Waals surface area contributed by atoms with Crippen LogP contribution in [0.15, 0.2) is 12.7 Å². The predicted molar refractivity (Wildman–Crippen MR) is 78.0 cm³/mol. The summed E-state index contributed by atoms with van der Waals surface area (Å²) in [6, 6.07) is 1.84. The molecular weight excluding hydrogens is 238 g/mol. The molecule has 2 N–H and O–H groups in total. The summed E-state index contributed by atoms with van der Waals surface area (Å²) < 4.78 is 0. The van der Waals surface area contributed by atoms with Crippen LogP contribution in [-0.2, 0) is 4.79 Å². The van der Waals surface area contributed by atoms with E-state index in [1.807, 2.05) is 6.92 Å². The van der Waals surface area contributed by atoms with Crippen molar-refractivity contribution in [2.75, 3.05) is 13.1 Å². The summed E-state index contributed by atoms with van der Waals surface area (Å²) in [6.07, 6.45) is 6.70. The third kappa shape index (κ3) is 3.37. The van der Waals surface area contributed by atoms with E-state index >= 15 is 0 Å². The van der Waals surface area contributed by atoms with Gasteiger partial charge in [0.15, 0.2) is 0 Å². The molecule has 2 aliphatic rings. The molecule has 2 saturated heterocycles. The largest absolute Gasteiger partial charge is 0.351 e. The molecule has 2 bridgehead atoms. The molecule has 3 unspecified atom stereocenters. The Morgan fingerprint density at radius 3 is 2.63 bits per heavy atom. The van der Waals surface area contributed by atoms with E-state index in [2.05, 4.69) is 29.0 Å². The molecule has 0 radical (unpaired) electrons. The topological polar surface area (TPSA) is 44.4 Å². The Morgan fingerprint density at radius 2 is 2.11 bits per heavy atom. The number of nitrogens with one attached hydrogen (secondary N) is 2. The van der Waals surface area contributed by atoms with E-state index in [0.717, 1.165) is 6.54 Å². The van der Waals surface area contributed by atoms with Crippen molar-refractivity contribution in [2.24, 2.45) is 0 Å². The standard InChI is InChI=1S/C15H27N3O/c1-4-8-16-15(19)11(3)18(5-2)14-9-12-6-7-13(10-14)17-12/h4,11-14,17H,1,5-10H2,2-3H3,(H,16,19). The van der Waals surface area contributed by atoms with E-state index in [0.29, 0.717) is 24.7 Å². The molecule has 0 aromatic carbocycles. The lowest BCUT2D eigenvalue weighted by atomic mass is 9.96. The van der Waals surface area contributed by atoms with Crippen molar-refractivity contribution in [2.45, 2.75) is 63.7 Å². The second kappa shape index (κ2) is 6.53. The third-order valence-corrected chi connectivity index (χ3v) is 4.58. The highest BCUT2D eigenvalue weighted by Crippen LogP contribution is 2.30. The highest BCUT2D eigenvalue weighted by molar-refractivity contribution is 5.81. The van der Waals surface area contributed by atoms with E-state index in [1.165, 1.54) is 25.7 Å². The Bertz CT molecular complexity index is 319. The first-order valence-electron chi connectivity index (χ1n) is 7.56. The molecule has 2 rings (SSSR count). The van der Waals surface area contributed by atoms with E-state index in [1.54, 1.807) is 6.08 Å². The molecule has 3 atom stereocenters. The van der Waals surface area contributed by atoms with Crippen LogP contribution in [0.1, 0.15) is 39.5 Å². The van der Waals surface area contributed by atoms with Crippen molar-refractivity contribution in [1.82, 2.24) is 15.5 Å². The van der Waals surface area contributed by atoms with Gasteiger partial charge < -0.3 is 10.6 Å². The van der Waals surface area contributed by atoms with Crippen LogP contribution in [0.3, 0.4) is 0 Å². The number of hydrogen-bond acceptors (Lipinski definition) is 3. The number of hydrogen-bond donors (Lipinski definition) is 2. The zero-order valence-corrected chi connectivity index (χ0v) is 12.2. The molecule has 0 aliphatic carbocycles. The highest BCUT2D eigenvalue weighted by atomic mass is 16.2. The Morgan fingerprint density at radius 1 is 1.47 bits per heavy atom. The summed E-state index contributed by atoms with van der Waals surface area (Å²) in [4.78, 5) is 14.5. The molecule has 0 spiro atoms. The maximum Gasteiger partial charge on any atom is 0.237 e. The monoisotopic (exact) mass is 265 g/mol. The van der Waals surface area contributed by atoms with Crippen molar-refractivity contribution in [3.8, 4) is 0 Å². The molecule has 4 nitrogen and oxygen atoms in total. The van der Waals surface area contributed by atoms with E-state index in [4.69, 9.17) is 0 Å². The number of piperidine rings is 1. The number of amides is 1. The number of likely N-dealkylation sites (N-methyl/N-ethyl adjacent to an activating group) is 1. The van der Waals surface area contributed by atoms with Crippen LogP contribution in [0.4, 0.5) is 0 Å². The van der Waals surface area contributed by atoms with Crippen molar-refractivity contribution < 1.29 is 4.79 Å². The van der Waals surface area contributed by atoms with Gasteiger partial charge in [0.2, 0.25) is 5.91 Å². The van der Waals surface area contributed by atoms with Gasteiger partial charge >= 0.3 is 0 Å². The van der Waals surface area contributed by atoms with Crippen LogP contribution < -0.4 is 10.6 Å². The number of rotatable bonds is 6. The van der Waals surface area contributed by atoms with Crippen molar-refractivity contribution in [1.29, 1.82) is 0 Å². The minimum atomic E-state index is -0.0487. The Kier molecular flexibility index (Phi) is 4.99. The van der Waals surface area contributed by atoms with Crippen LogP contribution in [-0.4, -0.2) is 48.1 Å². The fraction of sp³-hybridized carbons (Fsp3) is 0.800.